The lowest BCUT2D eigenvalue weighted by Crippen LogP contribution is -2.10. The molecule has 1 heterocycles. The number of halogens is 6. The second-order valence-corrected chi connectivity index (χ2v) is 3.16. The molecule has 0 unspecified atom stereocenters. The van der Waals surface area contributed by atoms with E-state index >= 15 is 0 Å². The summed E-state index contributed by atoms with van der Waals surface area (Å²) in [6, 6.07) is 0. The van der Waals surface area contributed by atoms with Gasteiger partial charge in [0.25, 0.3) is 6.43 Å². The lowest BCUT2D eigenvalue weighted by molar-refractivity contribution is -0.138. The summed E-state index contributed by atoms with van der Waals surface area (Å²) in [7, 11) is 0. The first-order valence-corrected chi connectivity index (χ1v) is 4.13. The van der Waals surface area contributed by atoms with E-state index in [1.807, 2.05) is 0 Å². The van der Waals surface area contributed by atoms with Gasteiger partial charge >= 0.3 is 6.18 Å². The van der Waals surface area contributed by atoms with Gasteiger partial charge in [-0.1, -0.05) is 11.6 Å². The largest absolute Gasteiger partial charge is 0.418 e. The van der Waals surface area contributed by atoms with Crippen molar-refractivity contribution in [3.8, 4) is 0 Å². The van der Waals surface area contributed by atoms with Crippen molar-refractivity contribution in [1.29, 1.82) is 0 Å². The summed E-state index contributed by atoms with van der Waals surface area (Å²) in [5.74, 6) is 0. The van der Waals surface area contributed by atoms with E-state index in [0.717, 1.165) is 6.92 Å². The van der Waals surface area contributed by atoms with E-state index in [1.165, 1.54) is 0 Å². The first kappa shape index (κ1) is 12.2. The van der Waals surface area contributed by atoms with E-state index in [1.54, 1.807) is 0 Å². The van der Waals surface area contributed by atoms with E-state index in [-0.39, 0.29) is 0 Å². The van der Waals surface area contributed by atoms with E-state index < -0.39 is 34.4 Å². The molecule has 0 radical (unpaired) electrons. The average molecular weight is 246 g/mol. The quantitative estimate of drug-likeness (QED) is 0.538. The second-order valence-electron chi connectivity index (χ2n) is 2.80. The Morgan fingerprint density at radius 3 is 2.27 bits per heavy atom. The van der Waals surface area contributed by atoms with Crippen molar-refractivity contribution in [3.63, 3.8) is 0 Å². The molecule has 15 heavy (non-hydrogen) atoms. The molecule has 0 bridgehead atoms. The predicted octanol–water partition coefficient (Wildman–Crippen LogP) is 4.00. The molecule has 1 aromatic heterocycles. The summed E-state index contributed by atoms with van der Waals surface area (Å²) in [5.41, 5.74) is -2.65. The molecule has 0 saturated heterocycles. The third-order valence-corrected chi connectivity index (χ3v) is 2.16. The summed E-state index contributed by atoms with van der Waals surface area (Å²) in [5, 5.41) is -0.601. The second kappa shape index (κ2) is 3.92. The van der Waals surface area contributed by atoms with Crippen LogP contribution in [0.15, 0.2) is 6.20 Å². The number of nitrogens with zero attached hydrogens (tertiary/aromatic N) is 1. The third kappa shape index (κ3) is 2.37. The molecular formula is C8H5ClF5N. The Morgan fingerprint density at radius 2 is 1.87 bits per heavy atom. The maximum absolute atomic E-state index is 12.4. The fourth-order valence-corrected chi connectivity index (χ4v) is 1.40. The number of alkyl halides is 5. The minimum atomic E-state index is -4.70. The molecule has 7 heteroatoms. The summed E-state index contributed by atoms with van der Waals surface area (Å²) in [6.07, 6.45) is -7.33. The molecule has 0 fully saturated rings. The summed E-state index contributed by atoms with van der Waals surface area (Å²) in [4.78, 5) is 3.09. The van der Waals surface area contributed by atoms with Crippen LogP contribution in [0.1, 0.15) is 23.1 Å². The standard InChI is InChI=1S/C8H5ClF5N/c1-3-4(8(12,13)14)2-15-6(9)5(3)7(10)11/h2,7H,1H3. The molecule has 84 valence electrons. The van der Waals surface area contributed by atoms with E-state index in [2.05, 4.69) is 4.98 Å². The summed E-state index contributed by atoms with van der Waals surface area (Å²) >= 11 is 5.29. The van der Waals surface area contributed by atoms with Crippen molar-refractivity contribution < 1.29 is 22.0 Å². The molecule has 1 aromatic rings. The van der Waals surface area contributed by atoms with Crippen molar-refractivity contribution in [2.75, 3.05) is 0 Å². The molecule has 0 aliphatic heterocycles. The van der Waals surface area contributed by atoms with Gasteiger partial charge in [0.05, 0.1) is 11.1 Å². The van der Waals surface area contributed by atoms with Crippen LogP contribution >= 0.6 is 11.6 Å². The lowest BCUT2D eigenvalue weighted by atomic mass is 10.1. The van der Waals surface area contributed by atoms with Crippen molar-refractivity contribution in [3.05, 3.63) is 28.0 Å². The van der Waals surface area contributed by atoms with E-state index in [0.29, 0.717) is 6.20 Å². The Kier molecular flexibility index (Phi) is 3.18. The van der Waals surface area contributed by atoms with Crippen molar-refractivity contribution >= 4 is 11.6 Å². The highest BCUT2D eigenvalue weighted by Gasteiger charge is 2.35. The summed E-state index contributed by atoms with van der Waals surface area (Å²) < 4.78 is 61.6. The number of rotatable bonds is 1. The van der Waals surface area contributed by atoms with Gasteiger partial charge in [0.15, 0.2) is 0 Å². The zero-order valence-electron chi connectivity index (χ0n) is 7.37. The summed E-state index contributed by atoms with van der Waals surface area (Å²) in [6.45, 7) is 0.942. The SMILES string of the molecule is Cc1c(C(F)(F)F)cnc(Cl)c1C(F)F. The maximum Gasteiger partial charge on any atom is 0.418 e. The van der Waals surface area contributed by atoms with Crippen molar-refractivity contribution in [1.82, 2.24) is 4.98 Å². The van der Waals surface area contributed by atoms with Crippen LogP contribution in [0.4, 0.5) is 22.0 Å². The van der Waals surface area contributed by atoms with Gasteiger partial charge in [0.2, 0.25) is 0 Å². The molecule has 0 saturated carbocycles. The molecule has 0 atom stereocenters. The van der Waals surface area contributed by atoms with Crippen LogP contribution in [0.5, 0.6) is 0 Å². The molecule has 0 aliphatic carbocycles. The minimum Gasteiger partial charge on any atom is -0.243 e. The molecule has 0 aromatic carbocycles. The number of pyridine rings is 1. The van der Waals surface area contributed by atoms with Crippen molar-refractivity contribution in [2.45, 2.75) is 19.5 Å². The minimum absolute atomic E-state index is 0.448. The zero-order chi connectivity index (χ0) is 11.8. The van der Waals surface area contributed by atoms with Gasteiger partial charge in [-0.15, -0.1) is 0 Å². The van der Waals surface area contributed by atoms with Crippen LogP contribution in [-0.2, 0) is 6.18 Å². The zero-order valence-corrected chi connectivity index (χ0v) is 8.13. The van der Waals surface area contributed by atoms with E-state index in [9.17, 15) is 22.0 Å². The Labute approximate surface area is 86.9 Å². The monoisotopic (exact) mass is 245 g/mol. The molecule has 0 aliphatic rings. The number of hydrogen-bond donors (Lipinski definition) is 0. The normalized spacial score (nSPS) is 12.3. The van der Waals surface area contributed by atoms with Gasteiger partial charge in [0.1, 0.15) is 5.15 Å². The van der Waals surface area contributed by atoms with Crippen LogP contribution in [0, 0.1) is 6.92 Å². The first-order chi connectivity index (χ1) is 6.75. The highest BCUT2D eigenvalue weighted by Crippen LogP contribution is 2.37. The van der Waals surface area contributed by atoms with Crippen molar-refractivity contribution in [2.24, 2.45) is 0 Å². The van der Waals surface area contributed by atoms with Gasteiger partial charge in [-0.2, -0.15) is 13.2 Å². The third-order valence-electron chi connectivity index (χ3n) is 1.86. The Balaban J connectivity index is 3.42. The van der Waals surface area contributed by atoms with Gasteiger partial charge in [-0.3, -0.25) is 0 Å². The molecule has 0 N–H and O–H groups in total. The number of hydrogen-bond acceptors (Lipinski definition) is 1. The Bertz CT molecular complexity index is 374. The number of aromatic nitrogens is 1. The fraction of sp³-hybridized carbons (Fsp3) is 0.375. The van der Waals surface area contributed by atoms with Crippen LogP contribution < -0.4 is 0 Å². The van der Waals surface area contributed by atoms with Crippen LogP contribution in [0.3, 0.4) is 0 Å². The van der Waals surface area contributed by atoms with Crippen LogP contribution in [-0.4, -0.2) is 4.98 Å². The topological polar surface area (TPSA) is 12.9 Å². The van der Waals surface area contributed by atoms with Gasteiger partial charge in [0, 0.05) is 6.20 Å². The molecule has 0 spiro atoms. The molecular weight excluding hydrogens is 241 g/mol. The highest BCUT2D eigenvalue weighted by atomic mass is 35.5. The molecule has 1 nitrogen and oxygen atoms in total. The molecule has 1 rings (SSSR count). The van der Waals surface area contributed by atoms with Crippen LogP contribution in [0.2, 0.25) is 5.15 Å². The van der Waals surface area contributed by atoms with Crippen LogP contribution in [0.25, 0.3) is 0 Å². The van der Waals surface area contributed by atoms with Gasteiger partial charge in [-0.05, 0) is 12.5 Å². The lowest BCUT2D eigenvalue weighted by Gasteiger charge is -2.13. The van der Waals surface area contributed by atoms with E-state index in [4.69, 9.17) is 11.6 Å². The molecule has 0 amide bonds. The van der Waals surface area contributed by atoms with Gasteiger partial charge < -0.3 is 0 Å². The first-order valence-electron chi connectivity index (χ1n) is 3.75. The smallest absolute Gasteiger partial charge is 0.243 e. The maximum atomic E-state index is 12.4. The fourth-order valence-electron chi connectivity index (χ4n) is 1.13. The average Bonchev–Trinajstić information content (AvgIpc) is 2.00. The highest BCUT2D eigenvalue weighted by molar-refractivity contribution is 6.30. The Hall–Kier alpha value is -0.910. The predicted molar refractivity (Wildman–Crippen MR) is 43.9 cm³/mol. The van der Waals surface area contributed by atoms with Gasteiger partial charge in [-0.25, -0.2) is 13.8 Å². The Morgan fingerprint density at radius 1 is 1.33 bits per heavy atom.